The molecule has 1 aromatic carbocycles. The lowest BCUT2D eigenvalue weighted by atomic mass is 10.1. The van der Waals surface area contributed by atoms with Crippen molar-refractivity contribution in [1.82, 2.24) is 0 Å². The van der Waals surface area contributed by atoms with Crippen molar-refractivity contribution in [2.75, 3.05) is 18.0 Å². The van der Waals surface area contributed by atoms with Gasteiger partial charge >= 0.3 is 6.18 Å². The summed E-state index contributed by atoms with van der Waals surface area (Å²) in [5.74, 6) is -1.29. The third kappa shape index (κ3) is 3.45. The molecule has 0 heterocycles. The Balaban J connectivity index is 3.24. The second-order valence-electron chi connectivity index (χ2n) is 3.82. The molecule has 0 amide bonds. The molecule has 0 atom stereocenters. The van der Waals surface area contributed by atoms with E-state index < -0.39 is 24.3 Å². The maximum Gasteiger partial charge on any atom is 0.405 e. The van der Waals surface area contributed by atoms with Gasteiger partial charge in [-0.3, -0.25) is 4.79 Å². The van der Waals surface area contributed by atoms with Crippen molar-refractivity contribution in [2.24, 2.45) is 0 Å². The molecular weight excluding hydrogens is 250 g/mol. The zero-order valence-electron chi connectivity index (χ0n) is 10.0. The first-order valence-corrected chi connectivity index (χ1v) is 5.37. The number of carbonyl (C=O) groups excluding carboxylic acids is 1. The third-order valence-corrected chi connectivity index (χ3v) is 2.43. The van der Waals surface area contributed by atoms with Crippen LogP contribution in [0.4, 0.5) is 23.2 Å². The molecule has 0 N–H and O–H groups in total. The van der Waals surface area contributed by atoms with Crippen molar-refractivity contribution in [2.45, 2.75) is 20.0 Å². The fourth-order valence-corrected chi connectivity index (χ4v) is 1.69. The van der Waals surface area contributed by atoms with E-state index in [9.17, 15) is 22.4 Å². The molecule has 0 aliphatic heterocycles. The molecule has 0 spiro atoms. The van der Waals surface area contributed by atoms with Gasteiger partial charge in [0.2, 0.25) is 0 Å². The normalized spacial score (nSPS) is 11.4. The summed E-state index contributed by atoms with van der Waals surface area (Å²) >= 11 is 0. The second-order valence-corrected chi connectivity index (χ2v) is 3.82. The highest BCUT2D eigenvalue weighted by Crippen LogP contribution is 2.28. The van der Waals surface area contributed by atoms with Gasteiger partial charge in [0.25, 0.3) is 0 Å². The number of halogens is 4. The molecule has 2 nitrogen and oxygen atoms in total. The number of rotatable bonds is 4. The number of benzene rings is 1. The van der Waals surface area contributed by atoms with Crippen LogP contribution in [0.2, 0.25) is 0 Å². The van der Waals surface area contributed by atoms with E-state index >= 15 is 0 Å². The number of alkyl halides is 3. The highest BCUT2D eigenvalue weighted by atomic mass is 19.4. The summed E-state index contributed by atoms with van der Waals surface area (Å²) < 4.78 is 50.8. The molecule has 0 aliphatic carbocycles. The van der Waals surface area contributed by atoms with Gasteiger partial charge in [-0.2, -0.15) is 13.2 Å². The first-order valence-electron chi connectivity index (χ1n) is 5.37. The number of ketones is 1. The van der Waals surface area contributed by atoms with E-state index in [0.717, 1.165) is 11.0 Å². The van der Waals surface area contributed by atoms with Crippen molar-refractivity contribution in [3.8, 4) is 0 Å². The monoisotopic (exact) mass is 263 g/mol. The topological polar surface area (TPSA) is 20.3 Å². The highest BCUT2D eigenvalue weighted by Gasteiger charge is 2.32. The molecular formula is C12H13F4NO. The van der Waals surface area contributed by atoms with Crippen LogP contribution < -0.4 is 4.90 Å². The molecule has 0 aromatic heterocycles. The van der Waals surface area contributed by atoms with Crippen LogP contribution in [0.1, 0.15) is 24.2 Å². The Morgan fingerprint density at radius 3 is 2.39 bits per heavy atom. The van der Waals surface area contributed by atoms with Gasteiger partial charge in [-0.05, 0) is 26.0 Å². The molecule has 1 aromatic rings. The number of carbonyl (C=O) groups is 1. The Morgan fingerprint density at radius 1 is 1.33 bits per heavy atom. The Morgan fingerprint density at radius 2 is 1.94 bits per heavy atom. The third-order valence-electron chi connectivity index (χ3n) is 2.43. The van der Waals surface area contributed by atoms with Crippen molar-refractivity contribution < 1.29 is 22.4 Å². The second kappa shape index (κ2) is 5.37. The maximum absolute atomic E-state index is 13.7. The molecule has 100 valence electrons. The highest BCUT2D eigenvalue weighted by molar-refractivity contribution is 5.99. The minimum atomic E-state index is -4.45. The maximum atomic E-state index is 13.7. The molecule has 1 rings (SSSR count). The summed E-state index contributed by atoms with van der Waals surface area (Å²) in [6, 6.07) is 3.66. The van der Waals surface area contributed by atoms with Crippen LogP contribution in [0.25, 0.3) is 0 Å². The average Bonchev–Trinajstić information content (AvgIpc) is 2.24. The predicted octanol–water partition coefficient (Wildman–Crippen LogP) is 3.42. The van der Waals surface area contributed by atoms with Crippen LogP contribution in [-0.2, 0) is 0 Å². The SMILES string of the molecule is CCN(CC(F)(F)F)c1c(F)cccc1C(C)=O. The minimum absolute atomic E-state index is 0.0406. The fraction of sp³-hybridized carbons (Fsp3) is 0.417. The Kier molecular flexibility index (Phi) is 4.32. The quantitative estimate of drug-likeness (QED) is 0.613. The molecule has 0 saturated carbocycles. The number of hydrogen-bond donors (Lipinski definition) is 0. The van der Waals surface area contributed by atoms with Gasteiger partial charge in [-0.15, -0.1) is 0 Å². The number of nitrogens with zero attached hydrogens (tertiary/aromatic N) is 1. The van der Waals surface area contributed by atoms with Crippen molar-refractivity contribution in [3.63, 3.8) is 0 Å². The predicted molar refractivity (Wildman–Crippen MR) is 60.3 cm³/mol. The molecule has 0 unspecified atom stereocenters. The summed E-state index contributed by atoms with van der Waals surface area (Å²) in [5, 5.41) is 0. The zero-order chi connectivity index (χ0) is 13.9. The van der Waals surface area contributed by atoms with Crippen molar-refractivity contribution in [1.29, 1.82) is 0 Å². The van der Waals surface area contributed by atoms with E-state index in [1.54, 1.807) is 0 Å². The summed E-state index contributed by atoms with van der Waals surface area (Å²) in [6.07, 6.45) is -4.45. The summed E-state index contributed by atoms with van der Waals surface area (Å²) in [4.78, 5) is 12.1. The molecule has 0 radical (unpaired) electrons. The Bertz CT molecular complexity index is 442. The van der Waals surface area contributed by atoms with Crippen LogP contribution in [0, 0.1) is 5.82 Å². The van der Waals surface area contributed by atoms with Crippen LogP contribution in [0.3, 0.4) is 0 Å². The number of para-hydroxylation sites is 1. The van der Waals surface area contributed by atoms with Crippen LogP contribution >= 0.6 is 0 Å². The molecule has 0 saturated heterocycles. The first-order chi connectivity index (χ1) is 8.26. The van der Waals surface area contributed by atoms with E-state index in [4.69, 9.17) is 0 Å². The summed E-state index contributed by atoms with van der Waals surface area (Å²) in [5.41, 5.74) is -0.328. The number of hydrogen-bond acceptors (Lipinski definition) is 2. The molecule has 6 heteroatoms. The molecule has 18 heavy (non-hydrogen) atoms. The van der Waals surface area contributed by atoms with E-state index in [1.165, 1.54) is 26.0 Å². The van der Waals surface area contributed by atoms with Gasteiger partial charge in [-0.25, -0.2) is 4.39 Å². The number of Topliss-reactive ketones (excluding diaryl/α,β-unsaturated/α-hetero) is 1. The summed E-state index contributed by atoms with van der Waals surface area (Å²) in [6.45, 7) is 1.34. The minimum Gasteiger partial charge on any atom is -0.360 e. The molecule has 0 aliphatic rings. The summed E-state index contributed by atoms with van der Waals surface area (Å²) in [7, 11) is 0. The van der Waals surface area contributed by atoms with Gasteiger partial charge in [0.15, 0.2) is 5.78 Å². The van der Waals surface area contributed by atoms with Crippen LogP contribution in [0.15, 0.2) is 18.2 Å². The lowest BCUT2D eigenvalue weighted by molar-refractivity contribution is -0.119. The van der Waals surface area contributed by atoms with Gasteiger partial charge in [0.05, 0.1) is 5.69 Å². The first kappa shape index (κ1) is 14.5. The lowest BCUT2D eigenvalue weighted by Gasteiger charge is -2.26. The largest absolute Gasteiger partial charge is 0.405 e. The zero-order valence-corrected chi connectivity index (χ0v) is 10.0. The Labute approximate surface area is 102 Å². The molecule has 0 fully saturated rings. The van der Waals surface area contributed by atoms with Crippen LogP contribution in [0.5, 0.6) is 0 Å². The number of anilines is 1. The van der Waals surface area contributed by atoms with E-state index in [1.807, 2.05) is 0 Å². The van der Waals surface area contributed by atoms with Gasteiger partial charge in [0, 0.05) is 12.1 Å². The average molecular weight is 263 g/mol. The molecule has 0 bridgehead atoms. The van der Waals surface area contributed by atoms with Gasteiger partial charge < -0.3 is 4.90 Å². The van der Waals surface area contributed by atoms with Crippen LogP contribution in [-0.4, -0.2) is 25.0 Å². The Hall–Kier alpha value is -1.59. The van der Waals surface area contributed by atoms with Gasteiger partial charge in [0.1, 0.15) is 12.4 Å². The van der Waals surface area contributed by atoms with Gasteiger partial charge in [-0.1, -0.05) is 6.07 Å². The lowest BCUT2D eigenvalue weighted by Crippen LogP contribution is -2.35. The van der Waals surface area contributed by atoms with E-state index in [2.05, 4.69) is 0 Å². The van der Waals surface area contributed by atoms with Crippen molar-refractivity contribution >= 4 is 11.5 Å². The standard InChI is InChI=1S/C12H13F4NO/c1-3-17(7-12(14,15)16)11-9(8(2)18)5-4-6-10(11)13/h4-6H,3,7H2,1-2H3. The van der Waals surface area contributed by atoms with Crippen molar-refractivity contribution in [3.05, 3.63) is 29.6 Å². The smallest absolute Gasteiger partial charge is 0.360 e. The van der Waals surface area contributed by atoms with E-state index in [0.29, 0.717) is 0 Å². The van der Waals surface area contributed by atoms with E-state index in [-0.39, 0.29) is 17.8 Å². The fourth-order valence-electron chi connectivity index (χ4n) is 1.69.